The highest BCUT2D eigenvalue weighted by atomic mass is 32.1. The maximum Gasteiger partial charge on any atom is 0.194 e. The molecular weight excluding hydrogens is 386 g/mol. The maximum atomic E-state index is 5.97. The zero-order chi connectivity index (χ0) is 20.1. The van der Waals surface area contributed by atoms with E-state index in [4.69, 9.17) is 14.7 Å². The molecule has 0 saturated carbocycles. The lowest BCUT2D eigenvalue weighted by molar-refractivity contribution is -0.00803. The quantitative estimate of drug-likeness (QED) is 0.573. The van der Waals surface area contributed by atoms with Crippen molar-refractivity contribution in [3.8, 4) is 0 Å². The van der Waals surface area contributed by atoms with Crippen molar-refractivity contribution in [2.75, 3.05) is 50.8 Å². The van der Waals surface area contributed by atoms with E-state index >= 15 is 0 Å². The fraction of sp³-hybridized carbons (Fsp3) is 0.650. The van der Waals surface area contributed by atoms with Crippen molar-refractivity contribution >= 4 is 22.4 Å². The molecule has 2 aliphatic heterocycles. The Morgan fingerprint density at radius 2 is 2.21 bits per heavy atom. The molecule has 1 unspecified atom stereocenters. The molecule has 2 aromatic heterocycles. The number of aromatic nitrogens is 3. The van der Waals surface area contributed by atoms with Gasteiger partial charge in [-0.25, -0.2) is 4.98 Å². The normalized spacial score (nSPS) is 20.5. The molecule has 2 fully saturated rings. The van der Waals surface area contributed by atoms with E-state index in [1.807, 2.05) is 24.1 Å². The predicted octanol–water partition coefficient (Wildman–Crippen LogP) is 2.06. The van der Waals surface area contributed by atoms with Gasteiger partial charge in [0.1, 0.15) is 6.10 Å². The predicted molar refractivity (Wildman–Crippen MR) is 117 cm³/mol. The van der Waals surface area contributed by atoms with E-state index in [0.717, 1.165) is 62.9 Å². The Morgan fingerprint density at radius 1 is 1.34 bits per heavy atom. The Balaban J connectivity index is 1.35. The smallest absolute Gasteiger partial charge is 0.194 e. The molecule has 2 aromatic rings. The van der Waals surface area contributed by atoms with E-state index in [1.54, 1.807) is 11.3 Å². The molecule has 4 rings (SSSR count). The van der Waals surface area contributed by atoms with Gasteiger partial charge in [-0.15, -0.1) is 11.3 Å². The lowest BCUT2D eigenvalue weighted by Gasteiger charge is -2.34. The molecule has 0 amide bonds. The second-order valence-electron chi connectivity index (χ2n) is 7.55. The molecule has 0 aromatic carbocycles. The van der Waals surface area contributed by atoms with Crippen LogP contribution in [0.1, 0.15) is 37.1 Å². The van der Waals surface area contributed by atoms with Crippen LogP contribution in [-0.2, 0) is 18.2 Å². The summed E-state index contributed by atoms with van der Waals surface area (Å²) in [4.78, 5) is 14.4. The van der Waals surface area contributed by atoms with Crippen molar-refractivity contribution in [2.45, 2.75) is 32.3 Å². The van der Waals surface area contributed by atoms with Gasteiger partial charge in [-0.1, -0.05) is 0 Å². The van der Waals surface area contributed by atoms with Crippen LogP contribution in [0.2, 0.25) is 0 Å². The van der Waals surface area contributed by atoms with Crippen LogP contribution < -0.4 is 10.2 Å². The number of nitrogens with zero attached hydrogens (tertiary/aromatic N) is 6. The number of aryl methyl sites for hydroxylation is 1. The van der Waals surface area contributed by atoms with Crippen LogP contribution in [0.5, 0.6) is 0 Å². The van der Waals surface area contributed by atoms with E-state index in [-0.39, 0.29) is 6.10 Å². The van der Waals surface area contributed by atoms with Crippen molar-refractivity contribution in [3.05, 3.63) is 29.0 Å². The van der Waals surface area contributed by atoms with E-state index in [9.17, 15) is 0 Å². The summed E-state index contributed by atoms with van der Waals surface area (Å²) < 4.78 is 7.79. The standard InChI is InChI=1S/C20H31N7OS/c1-3-21-19(27-10-11-28-18(14-27)16-12-23-25(2)13-16)22-7-6-17-15-29-20(24-17)26-8-4-5-9-26/h12-13,15,18H,3-11,14H2,1-2H3,(H,21,22). The molecule has 2 aliphatic rings. The summed E-state index contributed by atoms with van der Waals surface area (Å²) in [6.07, 6.45) is 7.38. The Bertz CT molecular complexity index is 811. The largest absolute Gasteiger partial charge is 0.370 e. The summed E-state index contributed by atoms with van der Waals surface area (Å²) in [5.41, 5.74) is 2.26. The van der Waals surface area contributed by atoms with Crippen molar-refractivity contribution in [3.63, 3.8) is 0 Å². The topological polar surface area (TPSA) is 70.8 Å². The van der Waals surface area contributed by atoms with E-state index < -0.39 is 0 Å². The summed E-state index contributed by atoms with van der Waals surface area (Å²) in [7, 11) is 1.93. The minimum atomic E-state index is 0.0304. The SMILES string of the molecule is CCNC(=NCCc1csc(N2CCCC2)n1)N1CCOC(c2cnn(C)c2)C1. The molecule has 0 aliphatic carbocycles. The maximum absolute atomic E-state index is 5.97. The molecular formula is C20H31N7OS. The van der Waals surface area contributed by atoms with Crippen LogP contribution in [0.25, 0.3) is 0 Å². The first-order valence-corrected chi connectivity index (χ1v) is 11.4. The highest BCUT2D eigenvalue weighted by Gasteiger charge is 2.25. The Labute approximate surface area is 176 Å². The van der Waals surface area contributed by atoms with Gasteiger partial charge >= 0.3 is 0 Å². The molecule has 8 nitrogen and oxygen atoms in total. The Kier molecular flexibility index (Phi) is 6.66. The number of thiazole rings is 1. The number of anilines is 1. The van der Waals surface area contributed by atoms with Crippen LogP contribution in [0, 0.1) is 0 Å². The third kappa shape index (κ3) is 5.08. The number of guanidine groups is 1. The summed E-state index contributed by atoms with van der Waals surface area (Å²) in [5.74, 6) is 0.958. The molecule has 1 atom stereocenters. The molecule has 4 heterocycles. The Hall–Kier alpha value is -2.13. The highest BCUT2D eigenvalue weighted by Crippen LogP contribution is 2.25. The lowest BCUT2D eigenvalue weighted by atomic mass is 10.1. The van der Waals surface area contributed by atoms with Crippen LogP contribution in [0.3, 0.4) is 0 Å². The second kappa shape index (κ2) is 9.58. The van der Waals surface area contributed by atoms with Crippen molar-refractivity contribution < 1.29 is 4.74 Å². The third-order valence-electron chi connectivity index (χ3n) is 5.34. The van der Waals surface area contributed by atoms with Crippen LogP contribution in [0.4, 0.5) is 5.13 Å². The molecule has 29 heavy (non-hydrogen) atoms. The summed E-state index contributed by atoms with van der Waals surface area (Å²) in [6, 6.07) is 0. The molecule has 158 valence electrons. The molecule has 2 saturated heterocycles. The van der Waals surface area contributed by atoms with Crippen molar-refractivity contribution in [1.82, 2.24) is 25.0 Å². The molecule has 0 bridgehead atoms. The summed E-state index contributed by atoms with van der Waals surface area (Å²) >= 11 is 1.76. The van der Waals surface area contributed by atoms with E-state index in [1.165, 1.54) is 18.0 Å². The van der Waals surface area contributed by atoms with Gasteiger partial charge in [-0.05, 0) is 19.8 Å². The van der Waals surface area contributed by atoms with E-state index in [0.29, 0.717) is 6.61 Å². The fourth-order valence-electron chi connectivity index (χ4n) is 3.82. The zero-order valence-electron chi connectivity index (χ0n) is 17.4. The minimum absolute atomic E-state index is 0.0304. The molecule has 9 heteroatoms. The zero-order valence-corrected chi connectivity index (χ0v) is 18.2. The average Bonchev–Trinajstić information content (AvgIpc) is 3.49. The fourth-order valence-corrected chi connectivity index (χ4v) is 4.73. The highest BCUT2D eigenvalue weighted by molar-refractivity contribution is 7.13. The van der Waals surface area contributed by atoms with Crippen LogP contribution >= 0.6 is 11.3 Å². The van der Waals surface area contributed by atoms with Gasteiger partial charge in [-0.2, -0.15) is 5.10 Å². The van der Waals surface area contributed by atoms with Gasteiger partial charge in [0.25, 0.3) is 0 Å². The first-order valence-electron chi connectivity index (χ1n) is 10.6. The molecule has 0 spiro atoms. The number of hydrogen-bond donors (Lipinski definition) is 1. The van der Waals surface area contributed by atoms with Crippen molar-refractivity contribution in [2.24, 2.45) is 12.0 Å². The van der Waals surface area contributed by atoms with Gasteiger partial charge < -0.3 is 19.9 Å². The molecule has 0 radical (unpaired) electrons. The molecule has 1 N–H and O–H groups in total. The number of aliphatic imine (C=N–C) groups is 1. The van der Waals surface area contributed by atoms with Gasteiger partial charge in [0.2, 0.25) is 0 Å². The Morgan fingerprint density at radius 3 is 2.97 bits per heavy atom. The summed E-state index contributed by atoms with van der Waals surface area (Å²) in [6.45, 7) is 8.30. The number of ether oxygens (including phenoxy) is 1. The van der Waals surface area contributed by atoms with Crippen molar-refractivity contribution in [1.29, 1.82) is 0 Å². The monoisotopic (exact) mass is 417 g/mol. The van der Waals surface area contributed by atoms with Gasteiger partial charge in [0.15, 0.2) is 11.1 Å². The minimum Gasteiger partial charge on any atom is -0.370 e. The number of nitrogens with one attached hydrogen (secondary N) is 1. The van der Waals surface area contributed by atoms with Crippen LogP contribution in [0.15, 0.2) is 22.8 Å². The number of morpholine rings is 1. The number of rotatable bonds is 6. The van der Waals surface area contributed by atoms with Crippen LogP contribution in [-0.4, -0.2) is 71.5 Å². The summed E-state index contributed by atoms with van der Waals surface area (Å²) in [5, 5.41) is 11.1. The van der Waals surface area contributed by atoms with E-state index in [2.05, 4.69) is 32.5 Å². The third-order valence-corrected chi connectivity index (χ3v) is 6.29. The second-order valence-corrected chi connectivity index (χ2v) is 8.39. The van der Waals surface area contributed by atoms with Gasteiger partial charge in [0, 0.05) is 63.3 Å². The first kappa shape index (κ1) is 20.2. The number of hydrogen-bond acceptors (Lipinski definition) is 6. The van der Waals surface area contributed by atoms with Gasteiger partial charge in [0.05, 0.1) is 25.0 Å². The lowest BCUT2D eigenvalue weighted by Crippen LogP contribution is -2.48. The van der Waals surface area contributed by atoms with Gasteiger partial charge in [-0.3, -0.25) is 9.67 Å². The first-order chi connectivity index (χ1) is 14.2. The average molecular weight is 418 g/mol.